The monoisotopic (exact) mass is 428 g/mol. The lowest BCUT2D eigenvalue weighted by Crippen LogP contribution is -2.47. The van der Waals surface area contributed by atoms with Crippen LogP contribution in [0.1, 0.15) is 64.2 Å². The zero-order chi connectivity index (χ0) is 19.8. The van der Waals surface area contributed by atoms with Gasteiger partial charge in [-0.05, 0) is 51.0 Å². The minimum atomic E-state index is -0.0471. The Balaban J connectivity index is 0.00000300. The van der Waals surface area contributed by atoms with Gasteiger partial charge >= 0.3 is 0 Å². The molecule has 2 heterocycles. The fourth-order valence-electron chi connectivity index (χ4n) is 4.69. The fourth-order valence-corrected chi connectivity index (χ4v) is 4.69. The van der Waals surface area contributed by atoms with Crippen molar-refractivity contribution in [3.8, 4) is 0 Å². The van der Waals surface area contributed by atoms with Gasteiger partial charge in [0.05, 0.1) is 6.04 Å². The number of piperidine rings is 1. The van der Waals surface area contributed by atoms with Gasteiger partial charge in [0.2, 0.25) is 17.7 Å². The molecule has 7 nitrogen and oxygen atoms in total. The van der Waals surface area contributed by atoms with Crippen molar-refractivity contribution in [1.29, 1.82) is 0 Å². The molecule has 3 aliphatic rings. The molecule has 3 rings (SSSR count). The Hall–Kier alpha value is -1.34. The summed E-state index contributed by atoms with van der Waals surface area (Å²) < 4.78 is 0. The van der Waals surface area contributed by atoms with Crippen molar-refractivity contribution >= 4 is 30.1 Å². The predicted octanol–water partition coefficient (Wildman–Crippen LogP) is 1.60. The number of carbonyl (C=O) groups excluding carboxylic acids is 3. The molecule has 0 aromatic rings. The molecule has 3 amide bonds. The zero-order valence-electron chi connectivity index (χ0n) is 17.4. The minimum Gasteiger partial charge on any atom is -0.355 e. The highest BCUT2D eigenvalue weighted by Gasteiger charge is 2.26. The molecule has 1 aliphatic carbocycles. The van der Waals surface area contributed by atoms with E-state index < -0.39 is 0 Å². The lowest BCUT2D eigenvalue weighted by molar-refractivity contribution is -0.133. The SMILES string of the molecule is Cl.O=C(NCCC(=O)N1CCCC(CNC(=O)C2CCCN2)C1)C1CCCCC1. The maximum absolute atomic E-state index is 12.5. The third-order valence-electron chi connectivity index (χ3n) is 6.43. The second-order valence-corrected chi connectivity index (χ2v) is 8.62. The summed E-state index contributed by atoms with van der Waals surface area (Å²) in [6.07, 6.45) is 9.82. The van der Waals surface area contributed by atoms with Crippen LogP contribution in [0.4, 0.5) is 0 Å². The van der Waals surface area contributed by atoms with Crippen molar-refractivity contribution in [2.24, 2.45) is 11.8 Å². The summed E-state index contributed by atoms with van der Waals surface area (Å²) in [5.41, 5.74) is 0. The number of likely N-dealkylation sites (tertiary alicyclic amines) is 1. The average Bonchev–Trinajstić information content (AvgIpc) is 3.28. The molecule has 2 unspecified atom stereocenters. The number of nitrogens with one attached hydrogen (secondary N) is 3. The summed E-state index contributed by atoms with van der Waals surface area (Å²) in [5.74, 6) is 0.775. The maximum Gasteiger partial charge on any atom is 0.237 e. The molecule has 0 aromatic carbocycles. The normalized spacial score (nSPS) is 25.2. The van der Waals surface area contributed by atoms with Crippen molar-refractivity contribution in [1.82, 2.24) is 20.9 Å². The van der Waals surface area contributed by atoms with Crippen LogP contribution < -0.4 is 16.0 Å². The molecule has 8 heteroatoms. The molecule has 0 radical (unpaired) electrons. The molecular formula is C21H37ClN4O3. The molecule has 29 heavy (non-hydrogen) atoms. The van der Waals surface area contributed by atoms with Gasteiger partial charge < -0.3 is 20.9 Å². The molecule has 2 saturated heterocycles. The average molecular weight is 429 g/mol. The minimum absolute atomic E-state index is 0. The van der Waals surface area contributed by atoms with E-state index in [1.54, 1.807) is 0 Å². The summed E-state index contributed by atoms with van der Waals surface area (Å²) in [4.78, 5) is 38.8. The lowest BCUT2D eigenvalue weighted by atomic mass is 9.89. The quantitative estimate of drug-likeness (QED) is 0.574. The Morgan fingerprint density at radius 1 is 0.897 bits per heavy atom. The number of hydrogen-bond donors (Lipinski definition) is 3. The maximum atomic E-state index is 12.5. The van der Waals surface area contributed by atoms with Crippen molar-refractivity contribution in [2.45, 2.75) is 70.3 Å². The van der Waals surface area contributed by atoms with E-state index >= 15 is 0 Å². The number of hydrogen-bond acceptors (Lipinski definition) is 4. The van der Waals surface area contributed by atoms with Gasteiger partial charge in [0.1, 0.15) is 0 Å². The second kappa shape index (κ2) is 12.4. The number of amides is 3. The molecule has 3 N–H and O–H groups in total. The summed E-state index contributed by atoms with van der Waals surface area (Å²) in [6, 6.07) is -0.0471. The molecule has 0 bridgehead atoms. The Morgan fingerprint density at radius 3 is 2.41 bits per heavy atom. The van der Waals surface area contributed by atoms with Gasteiger partial charge in [-0.3, -0.25) is 14.4 Å². The molecule has 0 aromatic heterocycles. The third kappa shape index (κ3) is 7.45. The second-order valence-electron chi connectivity index (χ2n) is 8.62. The van der Waals surface area contributed by atoms with E-state index in [1.165, 1.54) is 6.42 Å². The van der Waals surface area contributed by atoms with Crippen LogP contribution in [0, 0.1) is 11.8 Å². The van der Waals surface area contributed by atoms with Crippen LogP contribution in [-0.4, -0.2) is 61.4 Å². The molecule has 0 spiro atoms. The Morgan fingerprint density at radius 2 is 1.69 bits per heavy atom. The first-order valence-electron chi connectivity index (χ1n) is 11.2. The van der Waals surface area contributed by atoms with Crippen LogP contribution >= 0.6 is 12.4 Å². The van der Waals surface area contributed by atoms with Crippen molar-refractivity contribution in [3.63, 3.8) is 0 Å². The summed E-state index contributed by atoms with van der Waals surface area (Å²) in [7, 11) is 0. The van der Waals surface area contributed by atoms with Crippen molar-refractivity contribution in [2.75, 3.05) is 32.7 Å². The van der Waals surface area contributed by atoms with Crippen LogP contribution in [0.2, 0.25) is 0 Å². The molecule has 2 aliphatic heterocycles. The van der Waals surface area contributed by atoms with Crippen LogP contribution in [0.25, 0.3) is 0 Å². The largest absolute Gasteiger partial charge is 0.355 e. The first-order valence-corrected chi connectivity index (χ1v) is 11.2. The van der Waals surface area contributed by atoms with Gasteiger partial charge in [-0.15, -0.1) is 12.4 Å². The van der Waals surface area contributed by atoms with Crippen LogP contribution in [0.15, 0.2) is 0 Å². The Bertz CT molecular complexity index is 548. The van der Waals surface area contributed by atoms with E-state index in [0.717, 1.165) is 64.5 Å². The Kier molecular flexibility index (Phi) is 10.2. The highest BCUT2D eigenvalue weighted by Crippen LogP contribution is 2.23. The standard InChI is InChI=1S/C21H36N4O3.ClH/c26-19(10-12-23-20(27)17-7-2-1-3-8-17)25-13-5-6-16(15-25)14-24-21(28)18-9-4-11-22-18;/h16-18,22H,1-15H2,(H,23,27)(H,24,28);1H. The molecule has 3 fully saturated rings. The summed E-state index contributed by atoms with van der Waals surface area (Å²) >= 11 is 0. The van der Waals surface area contributed by atoms with E-state index in [9.17, 15) is 14.4 Å². The van der Waals surface area contributed by atoms with Gasteiger partial charge in [0, 0.05) is 38.5 Å². The smallest absolute Gasteiger partial charge is 0.237 e. The van der Waals surface area contributed by atoms with Crippen molar-refractivity contribution < 1.29 is 14.4 Å². The molecule has 1 saturated carbocycles. The fraction of sp³-hybridized carbons (Fsp3) is 0.857. The number of rotatable bonds is 7. The topological polar surface area (TPSA) is 90.5 Å². The van der Waals surface area contributed by atoms with Crippen molar-refractivity contribution in [3.05, 3.63) is 0 Å². The lowest BCUT2D eigenvalue weighted by Gasteiger charge is -2.33. The van der Waals surface area contributed by atoms with Crippen LogP contribution in [-0.2, 0) is 14.4 Å². The number of nitrogens with zero attached hydrogens (tertiary/aromatic N) is 1. The predicted molar refractivity (Wildman–Crippen MR) is 115 cm³/mol. The number of carbonyl (C=O) groups is 3. The molecule has 2 atom stereocenters. The van der Waals surface area contributed by atoms with E-state index in [1.807, 2.05) is 4.90 Å². The van der Waals surface area contributed by atoms with Crippen LogP contribution in [0.3, 0.4) is 0 Å². The highest BCUT2D eigenvalue weighted by molar-refractivity contribution is 5.85. The number of halogens is 1. The summed E-state index contributed by atoms with van der Waals surface area (Å²) in [6.45, 7) is 3.47. The third-order valence-corrected chi connectivity index (χ3v) is 6.43. The van der Waals surface area contributed by atoms with E-state index in [-0.39, 0.29) is 42.1 Å². The van der Waals surface area contributed by atoms with Gasteiger partial charge in [-0.1, -0.05) is 19.3 Å². The van der Waals surface area contributed by atoms with Crippen LogP contribution in [0.5, 0.6) is 0 Å². The summed E-state index contributed by atoms with van der Waals surface area (Å²) in [5, 5.41) is 9.22. The first kappa shape index (κ1) is 23.9. The molecular weight excluding hydrogens is 392 g/mol. The first-order chi connectivity index (χ1) is 13.6. The van der Waals surface area contributed by atoms with E-state index in [0.29, 0.717) is 32.0 Å². The van der Waals surface area contributed by atoms with E-state index in [4.69, 9.17) is 0 Å². The molecule has 166 valence electrons. The zero-order valence-corrected chi connectivity index (χ0v) is 18.2. The van der Waals surface area contributed by atoms with E-state index in [2.05, 4.69) is 16.0 Å². The Labute approximate surface area is 180 Å². The van der Waals surface area contributed by atoms with Gasteiger partial charge in [-0.2, -0.15) is 0 Å². The van der Waals surface area contributed by atoms with Gasteiger partial charge in [0.25, 0.3) is 0 Å². The highest BCUT2D eigenvalue weighted by atomic mass is 35.5. The van der Waals surface area contributed by atoms with Gasteiger partial charge in [0.15, 0.2) is 0 Å². The van der Waals surface area contributed by atoms with Gasteiger partial charge in [-0.25, -0.2) is 0 Å².